The van der Waals surface area contributed by atoms with Crippen LogP contribution in [0, 0.1) is 6.92 Å². The summed E-state index contributed by atoms with van der Waals surface area (Å²) in [6, 6.07) is 28.8. The maximum Gasteiger partial charge on any atom is 0.344 e. The number of benzene rings is 4. The molecule has 4 aromatic rings. The number of hydrazone groups is 1. The fraction of sp³-hybridized carbons (Fsp3) is 0.0690. The monoisotopic (exact) mass is 542 g/mol. The molecule has 0 heterocycles. The molecule has 0 saturated carbocycles. The Morgan fingerprint density at radius 3 is 2.22 bits per heavy atom. The first-order valence-corrected chi connectivity index (χ1v) is 12.0. The molecule has 0 radical (unpaired) electrons. The number of esters is 1. The number of ether oxygens (including phenoxy) is 2. The number of hydrogen-bond acceptors (Lipinski definition) is 5. The largest absolute Gasteiger partial charge is 0.489 e. The SMILES string of the molecule is Cc1ccc(COc2ccc(C(=O)NN=Cc3ccc(OC(=O)c4ccccc4Br)cc3)cc2)cc1. The third kappa shape index (κ3) is 6.90. The lowest BCUT2D eigenvalue weighted by Gasteiger charge is -2.07. The van der Waals surface area contributed by atoms with Gasteiger partial charge in [-0.3, -0.25) is 4.79 Å². The van der Waals surface area contributed by atoms with Crippen LogP contribution in [0.15, 0.2) is 107 Å². The molecule has 0 fully saturated rings. The number of halogens is 1. The van der Waals surface area contributed by atoms with Gasteiger partial charge in [-0.05, 0) is 94.6 Å². The Morgan fingerprint density at radius 2 is 1.53 bits per heavy atom. The van der Waals surface area contributed by atoms with Crippen molar-refractivity contribution in [3.05, 3.63) is 129 Å². The highest BCUT2D eigenvalue weighted by Crippen LogP contribution is 2.19. The van der Waals surface area contributed by atoms with Crippen molar-refractivity contribution in [3.63, 3.8) is 0 Å². The van der Waals surface area contributed by atoms with Crippen molar-refractivity contribution in [2.75, 3.05) is 0 Å². The normalized spacial score (nSPS) is 10.7. The zero-order valence-corrected chi connectivity index (χ0v) is 21.1. The highest BCUT2D eigenvalue weighted by Gasteiger charge is 2.11. The predicted octanol–water partition coefficient (Wildman–Crippen LogP) is 6.32. The summed E-state index contributed by atoms with van der Waals surface area (Å²) >= 11 is 3.34. The van der Waals surface area contributed by atoms with Crippen molar-refractivity contribution >= 4 is 34.0 Å². The van der Waals surface area contributed by atoms with Gasteiger partial charge in [-0.25, -0.2) is 10.2 Å². The van der Waals surface area contributed by atoms with E-state index in [0.717, 1.165) is 11.1 Å². The van der Waals surface area contributed by atoms with Crippen molar-refractivity contribution in [1.29, 1.82) is 0 Å². The van der Waals surface area contributed by atoms with Crippen molar-refractivity contribution in [2.45, 2.75) is 13.5 Å². The molecule has 0 aliphatic rings. The maximum atomic E-state index is 12.4. The quantitative estimate of drug-likeness (QED) is 0.122. The van der Waals surface area contributed by atoms with Crippen molar-refractivity contribution in [1.82, 2.24) is 5.43 Å². The second-order valence-corrected chi connectivity index (χ2v) is 8.79. The van der Waals surface area contributed by atoms with E-state index >= 15 is 0 Å². The molecule has 0 atom stereocenters. The minimum atomic E-state index is -0.456. The minimum absolute atomic E-state index is 0.338. The van der Waals surface area contributed by atoms with Gasteiger partial charge in [0.15, 0.2) is 0 Å². The van der Waals surface area contributed by atoms with E-state index in [1.54, 1.807) is 66.7 Å². The lowest BCUT2D eigenvalue weighted by Crippen LogP contribution is -2.17. The molecule has 36 heavy (non-hydrogen) atoms. The topological polar surface area (TPSA) is 77.0 Å². The molecule has 180 valence electrons. The first-order valence-electron chi connectivity index (χ1n) is 11.2. The molecule has 0 unspecified atom stereocenters. The van der Waals surface area contributed by atoms with Crippen LogP contribution < -0.4 is 14.9 Å². The standard InChI is InChI=1S/C29H23BrN2O4/c1-20-6-8-22(9-7-20)19-35-24-16-12-23(13-17-24)28(33)32-31-18-21-10-14-25(15-11-21)36-29(34)26-4-2-3-5-27(26)30/h2-18H,19H2,1H3,(H,32,33). The van der Waals surface area contributed by atoms with Gasteiger partial charge in [0.05, 0.1) is 11.8 Å². The molecule has 0 saturated heterocycles. The van der Waals surface area contributed by atoms with Crippen LogP contribution in [-0.4, -0.2) is 18.1 Å². The van der Waals surface area contributed by atoms with E-state index in [4.69, 9.17) is 9.47 Å². The molecule has 0 aliphatic carbocycles. The van der Waals surface area contributed by atoms with E-state index in [0.29, 0.717) is 33.7 Å². The number of amides is 1. The van der Waals surface area contributed by atoms with E-state index in [-0.39, 0.29) is 5.91 Å². The van der Waals surface area contributed by atoms with Crippen LogP contribution in [0.2, 0.25) is 0 Å². The number of carbonyl (C=O) groups is 2. The zero-order valence-electron chi connectivity index (χ0n) is 19.5. The van der Waals surface area contributed by atoms with Crippen molar-refractivity contribution < 1.29 is 19.1 Å². The molecule has 4 rings (SSSR count). The van der Waals surface area contributed by atoms with Gasteiger partial charge in [0.1, 0.15) is 18.1 Å². The highest BCUT2D eigenvalue weighted by molar-refractivity contribution is 9.10. The molecule has 0 aliphatic heterocycles. The average molecular weight is 543 g/mol. The second kappa shape index (κ2) is 12.0. The average Bonchev–Trinajstić information content (AvgIpc) is 2.90. The molecule has 7 heteroatoms. The first kappa shape index (κ1) is 24.9. The number of aryl methyl sites for hydroxylation is 1. The molecule has 1 N–H and O–H groups in total. The molecule has 0 aromatic heterocycles. The molecule has 4 aromatic carbocycles. The van der Waals surface area contributed by atoms with E-state index in [9.17, 15) is 9.59 Å². The lowest BCUT2D eigenvalue weighted by atomic mass is 10.2. The van der Waals surface area contributed by atoms with Gasteiger partial charge in [0, 0.05) is 10.0 Å². The number of carbonyl (C=O) groups excluding carboxylic acids is 2. The third-order valence-electron chi connectivity index (χ3n) is 5.21. The number of rotatable bonds is 8. The van der Waals surface area contributed by atoms with Gasteiger partial charge in [-0.1, -0.05) is 42.0 Å². The Hall–Kier alpha value is -4.23. The van der Waals surface area contributed by atoms with Crippen LogP contribution in [0.25, 0.3) is 0 Å². The number of nitrogens with zero attached hydrogens (tertiary/aromatic N) is 1. The highest BCUT2D eigenvalue weighted by atomic mass is 79.9. The Kier molecular flexibility index (Phi) is 8.26. The third-order valence-corrected chi connectivity index (χ3v) is 5.90. The summed E-state index contributed by atoms with van der Waals surface area (Å²) < 4.78 is 11.8. The summed E-state index contributed by atoms with van der Waals surface area (Å²) in [4.78, 5) is 24.7. The summed E-state index contributed by atoms with van der Waals surface area (Å²) in [6.45, 7) is 2.50. The van der Waals surface area contributed by atoms with Crippen molar-refractivity contribution in [3.8, 4) is 11.5 Å². The van der Waals surface area contributed by atoms with E-state index < -0.39 is 5.97 Å². The number of nitrogens with one attached hydrogen (secondary N) is 1. The van der Waals surface area contributed by atoms with Crippen molar-refractivity contribution in [2.24, 2.45) is 5.10 Å². The lowest BCUT2D eigenvalue weighted by molar-refractivity contribution is 0.0733. The first-order chi connectivity index (χ1) is 17.5. The molecular formula is C29H23BrN2O4. The van der Waals surface area contributed by atoms with E-state index in [1.165, 1.54) is 11.8 Å². The summed E-state index contributed by atoms with van der Waals surface area (Å²) in [5.41, 5.74) is 6.42. The smallest absolute Gasteiger partial charge is 0.344 e. The molecule has 0 spiro atoms. The Bertz CT molecular complexity index is 1370. The Balaban J connectivity index is 1.26. The fourth-order valence-corrected chi connectivity index (χ4v) is 3.64. The number of hydrogen-bond donors (Lipinski definition) is 1. The summed E-state index contributed by atoms with van der Waals surface area (Å²) in [7, 11) is 0. The van der Waals surface area contributed by atoms with Crippen LogP contribution in [0.4, 0.5) is 0 Å². The van der Waals surface area contributed by atoms with Gasteiger partial charge in [0.25, 0.3) is 5.91 Å². The molecule has 0 bridgehead atoms. The van der Waals surface area contributed by atoms with Gasteiger partial charge in [-0.15, -0.1) is 0 Å². The zero-order chi connectivity index (χ0) is 25.3. The van der Waals surface area contributed by atoms with Gasteiger partial charge in [0.2, 0.25) is 0 Å². The van der Waals surface area contributed by atoms with Crippen LogP contribution in [0.3, 0.4) is 0 Å². The van der Waals surface area contributed by atoms with Crippen LogP contribution >= 0.6 is 15.9 Å². The van der Waals surface area contributed by atoms with Crippen LogP contribution in [-0.2, 0) is 6.61 Å². The minimum Gasteiger partial charge on any atom is -0.489 e. The second-order valence-electron chi connectivity index (χ2n) is 7.94. The Morgan fingerprint density at radius 1 is 0.861 bits per heavy atom. The summed E-state index contributed by atoms with van der Waals surface area (Å²) in [5.74, 6) is 0.288. The van der Waals surface area contributed by atoms with E-state index in [1.807, 2.05) is 37.3 Å². The van der Waals surface area contributed by atoms with Gasteiger partial charge >= 0.3 is 5.97 Å². The fourth-order valence-electron chi connectivity index (χ4n) is 3.19. The van der Waals surface area contributed by atoms with Crippen LogP contribution in [0.1, 0.15) is 37.4 Å². The van der Waals surface area contributed by atoms with E-state index in [2.05, 4.69) is 26.5 Å². The van der Waals surface area contributed by atoms with Crippen LogP contribution in [0.5, 0.6) is 11.5 Å². The summed E-state index contributed by atoms with van der Waals surface area (Å²) in [5, 5.41) is 4.00. The summed E-state index contributed by atoms with van der Waals surface area (Å²) in [6.07, 6.45) is 1.51. The molecular weight excluding hydrogens is 520 g/mol. The predicted molar refractivity (Wildman–Crippen MR) is 143 cm³/mol. The van der Waals surface area contributed by atoms with Gasteiger partial charge < -0.3 is 9.47 Å². The van der Waals surface area contributed by atoms with Gasteiger partial charge in [-0.2, -0.15) is 5.10 Å². The molecule has 6 nitrogen and oxygen atoms in total. The Labute approximate surface area is 217 Å². The maximum absolute atomic E-state index is 12.4. The molecule has 1 amide bonds.